The van der Waals surface area contributed by atoms with Gasteiger partial charge in [0.15, 0.2) is 0 Å². The van der Waals surface area contributed by atoms with Crippen LogP contribution >= 0.6 is 15.9 Å². The molecule has 0 aliphatic heterocycles. The molecule has 76 valence electrons. The van der Waals surface area contributed by atoms with Crippen LogP contribution in [0.4, 0.5) is 0 Å². The summed E-state index contributed by atoms with van der Waals surface area (Å²) in [5.74, 6) is 0.764. The maximum atomic E-state index is 3.47. The summed E-state index contributed by atoms with van der Waals surface area (Å²) in [7, 11) is 2.06. The van der Waals surface area contributed by atoms with E-state index in [9.17, 15) is 0 Å². The summed E-state index contributed by atoms with van der Waals surface area (Å²) in [6.07, 6.45) is 3.93. The first kappa shape index (κ1) is 10.2. The molecule has 0 aromatic heterocycles. The number of hydrogen-bond acceptors (Lipinski definition) is 1. The van der Waals surface area contributed by atoms with Crippen LogP contribution in [0.25, 0.3) is 0 Å². The second kappa shape index (κ2) is 4.45. The van der Waals surface area contributed by atoms with E-state index in [0.29, 0.717) is 0 Å². The summed E-state index contributed by atoms with van der Waals surface area (Å²) in [4.78, 5) is 0. The van der Waals surface area contributed by atoms with Gasteiger partial charge >= 0.3 is 0 Å². The zero-order valence-electron chi connectivity index (χ0n) is 8.46. The molecule has 2 unspecified atom stereocenters. The molecule has 0 amide bonds. The van der Waals surface area contributed by atoms with E-state index in [2.05, 4.69) is 52.6 Å². The highest BCUT2D eigenvalue weighted by Gasteiger charge is 2.24. The summed E-state index contributed by atoms with van der Waals surface area (Å²) < 4.78 is 1.17. The number of rotatable bonds is 2. The van der Waals surface area contributed by atoms with Gasteiger partial charge in [0.2, 0.25) is 0 Å². The Balaban J connectivity index is 2.06. The van der Waals surface area contributed by atoms with Crippen LogP contribution in [0.1, 0.15) is 30.7 Å². The van der Waals surface area contributed by atoms with E-state index < -0.39 is 0 Å². The number of halogens is 1. The lowest BCUT2D eigenvalue weighted by atomic mass is 9.98. The minimum Gasteiger partial charge on any atom is -0.317 e. The third-order valence-electron chi connectivity index (χ3n) is 3.18. The van der Waals surface area contributed by atoms with Crippen molar-refractivity contribution in [2.45, 2.75) is 31.2 Å². The molecule has 1 aromatic carbocycles. The fourth-order valence-corrected chi connectivity index (χ4v) is 2.55. The molecule has 1 N–H and O–H groups in total. The number of hydrogen-bond donors (Lipinski definition) is 1. The van der Waals surface area contributed by atoms with Crippen LogP contribution in [0.15, 0.2) is 28.7 Å². The van der Waals surface area contributed by atoms with Crippen molar-refractivity contribution in [3.63, 3.8) is 0 Å². The van der Waals surface area contributed by atoms with Crippen LogP contribution in [-0.4, -0.2) is 13.1 Å². The van der Waals surface area contributed by atoms with Crippen LogP contribution in [0.5, 0.6) is 0 Å². The molecule has 0 bridgehead atoms. The second-order valence-corrected chi connectivity index (χ2v) is 4.96. The zero-order valence-corrected chi connectivity index (χ0v) is 10.0. The predicted molar refractivity (Wildman–Crippen MR) is 63.6 cm³/mol. The molecule has 0 spiro atoms. The molecular weight excluding hydrogens is 238 g/mol. The van der Waals surface area contributed by atoms with Crippen molar-refractivity contribution >= 4 is 15.9 Å². The van der Waals surface area contributed by atoms with E-state index in [1.807, 2.05) is 0 Å². The van der Waals surface area contributed by atoms with Gasteiger partial charge in [-0.3, -0.25) is 0 Å². The number of benzene rings is 1. The molecule has 1 fully saturated rings. The summed E-state index contributed by atoms with van der Waals surface area (Å²) in [6, 6.07) is 9.49. The third-order valence-corrected chi connectivity index (χ3v) is 3.71. The van der Waals surface area contributed by atoms with Gasteiger partial charge in [-0.25, -0.2) is 0 Å². The van der Waals surface area contributed by atoms with Gasteiger partial charge in [0.05, 0.1) is 0 Å². The summed E-state index contributed by atoms with van der Waals surface area (Å²) in [5, 5.41) is 3.37. The molecule has 0 heterocycles. The van der Waals surface area contributed by atoms with Crippen LogP contribution < -0.4 is 5.32 Å². The van der Waals surface area contributed by atoms with Gasteiger partial charge in [-0.2, -0.15) is 0 Å². The maximum Gasteiger partial charge on any atom is 0.0175 e. The molecule has 1 aliphatic rings. The highest BCUT2D eigenvalue weighted by molar-refractivity contribution is 9.10. The van der Waals surface area contributed by atoms with Crippen molar-refractivity contribution in [1.29, 1.82) is 0 Å². The molecule has 1 aliphatic carbocycles. The van der Waals surface area contributed by atoms with Gasteiger partial charge in [0.25, 0.3) is 0 Å². The average molecular weight is 254 g/mol. The minimum atomic E-state index is 0.726. The highest BCUT2D eigenvalue weighted by atomic mass is 79.9. The Labute approximate surface area is 94.0 Å². The average Bonchev–Trinajstić information content (AvgIpc) is 2.67. The molecule has 1 aromatic rings. The standard InChI is InChI=1S/C12H16BrN/c1-14-12-7-4-10(8-12)9-2-5-11(13)6-3-9/h2-3,5-6,10,12,14H,4,7-8H2,1H3. The Bertz CT molecular complexity index is 294. The maximum absolute atomic E-state index is 3.47. The van der Waals surface area contributed by atoms with Crippen LogP contribution in [0, 0.1) is 0 Å². The quantitative estimate of drug-likeness (QED) is 0.853. The lowest BCUT2D eigenvalue weighted by Crippen LogP contribution is -2.21. The van der Waals surface area contributed by atoms with Gasteiger partial charge in [0, 0.05) is 10.5 Å². The Morgan fingerprint density at radius 3 is 2.50 bits per heavy atom. The SMILES string of the molecule is CNC1CCC(c2ccc(Br)cc2)C1. The molecule has 2 rings (SSSR count). The topological polar surface area (TPSA) is 12.0 Å². The normalized spacial score (nSPS) is 26.7. The minimum absolute atomic E-state index is 0.726. The van der Waals surface area contributed by atoms with Gasteiger partial charge in [0.1, 0.15) is 0 Å². The monoisotopic (exact) mass is 253 g/mol. The van der Waals surface area contributed by atoms with Crippen molar-refractivity contribution in [3.8, 4) is 0 Å². The molecule has 2 atom stereocenters. The first-order valence-corrected chi connectivity index (χ1v) is 6.01. The number of nitrogens with one attached hydrogen (secondary N) is 1. The summed E-state index contributed by atoms with van der Waals surface area (Å²) >= 11 is 3.47. The smallest absolute Gasteiger partial charge is 0.0175 e. The molecular formula is C12H16BrN. The van der Waals surface area contributed by atoms with E-state index in [0.717, 1.165) is 12.0 Å². The van der Waals surface area contributed by atoms with Gasteiger partial charge in [-0.15, -0.1) is 0 Å². The van der Waals surface area contributed by atoms with Crippen molar-refractivity contribution in [2.24, 2.45) is 0 Å². The van der Waals surface area contributed by atoms with Crippen molar-refractivity contribution < 1.29 is 0 Å². The first-order valence-electron chi connectivity index (χ1n) is 5.22. The Hall–Kier alpha value is -0.340. The van der Waals surface area contributed by atoms with Crippen LogP contribution in [0.3, 0.4) is 0 Å². The highest BCUT2D eigenvalue weighted by Crippen LogP contribution is 2.34. The van der Waals surface area contributed by atoms with Crippen LogP contribution in [0.2, 0.25) is 0 Å². The second-order valence-electron chi connectivity index (χ2n) is 4.05. The molecule has 0 radical (unpaired) electrons. The van der Waals surface area contributed by atoms with Gasteiger partial charge in [-0.05, 0) is 49.9 Å². The third kappa shape index (κ3) is 2.18. The van der Waals surface area contributed by atoms with Crippen molar-refractivity contribution in [3.05, 3.63) is 34.3 Å². The summed E-state index contributed by atoms with van der Waals surface area (Å²) in [5.41, 5.74) is 1.49. The summed E-state index contributed by atoms with van der Waals surface area (Å²) in [6.45, 7) is 0. The van der Waals surface area contributed by atoms with Crippen LogP contribution in [-0.2, 0) is 0 Å². The van der Waals surface area contributed by atoms with Gasteiger partial charge < -0.3 is 5.32 Å². The van der Waals surface area contributed by atoms with E-state index in [4.69, 9.17) is 0 Å². The van der Waals surface area contributed by atoms with E-state index in [-0.39, 0.29) is 0 Å². The fourth-order valence-electron chi connectivity index (χ4n) is 2.28. The van der Waals surface area contributed by atoms with Gasteiger partial charge in [-0.1, -0.05) is 28.1 Å². The molecule has 1 nitrogen and oxygen atoms in total. The fraction of sp³-hybridized carbons (Fsp3) is 0.500. The van der Waals surface area contributed by atoms with E-state index in [1.54, 1.807) is 0 Å². The lowest BCUT2D eigenvalue weighted by molar-refractivity contribution is 0.572. The largest absolute Gasteiger partial charge is 0.317 e. The van der Waals surface area contributed by atoms with Crippen molar-refractivity contribution in [1.82, 2.24) is 5.32 Å². The zero-order chi connectivity index (χ0) is 9.97. The molecule has 0 saturated heterocycles. The Morgan fingerprint density at radius 1 is 1.21 bits per heavy atom. The Kier molecular flexibility index (Phi) is 3.24. The van der Waals surface area contributed by atoms with Crippen molar-refractivity contribution in [2.75, 3.05) is 7.05 Å². The predicted octanol–water partition coefficient (Wildman–Crippen LogP) is 3.30. The Morgan fingerprint density at radius 2 is 1.93 bits per heavy atom. The molecule has 2 heteroatoms. The van der Waals surface area contributed by atoms with E-state index >= 15 is 0 Å². The molecule has 14 heavy (non-hydrogen) atoms. The van der Waals surface area contributed by atoms with E-state index in [1.165, 1.54) is 29.3 Å². The molecule has 1 saturated carbocycles. The lowest BCUT2D eigenvalue weighted by Gasteiger charge is -2.11. The first-order chi connectivity index (χ1) is 6.79.